The predicted molar refractivity (Wildman–Crippen MR) is 98.4 cm³/mol. The number of allylic oxidation sites excluding steroid dienone is 1. The van der Waals surface area contributed by atoms with Crippen molar-refractivity contribution in [2.75, 3.05) is 0 Å². The van der Waals surface area contributed by atoms with Crippen molar-refractivity contribution in [3.05, 3.63) is 11.4 Å². The van der Waals surface area contributed by atoms with Crippen molar-refractivity contribution in [1.82, 2.24) is 10.6 Å². The molecular weight excluding hydrogens is 370 g/mol. The van der Waals surface area contributed by atoms with Gasteiger partial charge in [-0.3, -0.25) is 9.59 Å². The number of hydrogen-bond donors (Lipinski definition) is 2. The summed E-state index contributed by atoms with van der Waals surface area (Å²) in [6, 6.07) is 0. The smallest absolute Gasteiger partial charge is 0.251 e. The lowest BCUT2D eigenvalue weighted by atomic mass is 9.87. The zero-order valence-electron chi connectivity index (χ0n) is 16.5. The highest BCUT2D eigenvalue weighted by Crippen LogP contribution is 2.29. The first kappa shape index (κ1) is 21.2. The van der Waals surface area contributed by atoms with Crippen LogP contribution in [-0.2, 0) is 19.1 Å². The van der Waals surface area contributed by atoms with Crippen molar-refractivity contribution in [3.8, 4) is 0 Å². The van der Waals surface area contributed by atoms with E-state index in [0.29, 0.717) is 19.3 Å². The molecule has 1 heterocycles. The number of carbonyl (C=O) groups excluding carboxylic acids is 2. The highest BCUT2D eigenvalue weighted by atomic mass is 19.1. The van der Waals surface area contributed by atoms with E-state index in [9.17, 15) is 18.4 Å². The summed E-state index contributed by atoms with van der Waals surface area (Å²) >= 11 is 0. The molecule has 6 unspecified atom stereocenters. The number of halogens is 2. The third-order valence-corrected chi connectivity index (χ3v) is 5.91. The zero-order chi connectivity index (χ0) is 20.3. The number of hydrogen-bond acceptors (Lipinski definition) is 4. The third kappa shape index (κ3) is 4.89. The molecule has 2 aliphatic carbocycles. The first-order valence-electron chi connectivity index (χ1n) is 10.3. The highest BCUT2D eigenvalue weighted by Gasteiger charge is 2.40. The number of carbonyl (C=O) groups is 2. The Morgan fingerprint density at radius 1 is 0.929 bits per heavy atom. The van der Waals surface area contributed by atoms with Crippen LogP contribution in [0.15, 0.2) is 11.4 Å². The van der Waals surface area contributed by atoms with Crippen LogP contribution in [0, 0.1) is 5.92 Å². The van der Waals surface area contributed by atoms with E-state index in [1.165, 1.54) is 0 Å². The van der Waals surface area contributed by atoms with Gasteiger partial charge in [-0.05, 0) is 52.4 Å². The lowest BCUT2D eigenvalue weighted by Crippen LogP contribution is -2.62. The van der Waals surface area contributed by atoms with Crippen molar-refractivity contribution in [2.45, 2.75) is 96.0 Å². The van der Waals surface area contributed by atoms with Gasteiger partial charge in [-0.2, -0.15) is 0 Å². The minimum Gasteiger partial charge on any atom is -0.348 e. The van der Waals surface area contributed by atoms with Gasteiger partial charge in [0.2, 0.25) is 5.91 Å². The molecule has 2 fully saturated rings. The van der Waals surface area contributed by atoms with Crippen molar-refractivity contribution >= 4 is 11.8 Å². The van der Waals surface area contributed by atoms with Crippen LogP contribution in [-0.4, -0.2) is 42.6 Å². The van der Waals surface area contributed by atoms with E-state index in [2.05, 4.69) is 10.6 Å². The van der Waals surface area contributed by atoms with Gasteiger partial charge in [0, 0.05) is 5.57 Å². The van der Waals surface area contributed by atoms with Crippen LogP contribution >= 0.6 is 0 Å². The maximum absolute atomic E-state index is 14.1. The molecule has 8 heteroatoms. The van der Waals surface area contributed by atoms with E-state index in [1.807, 2.05) is 0 Å². The van der Waals surface area contributed by atoms with Crippen LogP contribution in [0.25, 0.3) is 0 Å². The van der Waals surface area contributed by atoms with Crippen LogP contribution in [0.5, 0.6) is 0 Å². The summed E-state index contributed by atoms with van der Waals surface area (Å²) in [7, 11) is 0. The van der Waals surface area contributed by atoms with Crippen LogP contribution in [0.1, 0.15) is 65.2 Å². The van der Waals surface area contributed by atoms with Crippen molar-refractivity contribution < 1.29 is 27.8 Å². The van der Waals surface area contributed by atoms with Gasteiger partial charge in [-0.15, -0.1) is 0 Å². The number of amides is 2. The number of rotatable bonds is 4. The minimum absolute atomic E-state index is 0.127. The van der Waals surface area contributed by atoms with Crippen LogP contribution in [0.4, 0.5) is 8.78 Å². The summed E-state index contributed by atoms with van der Waals surface area (Å²) in [6.45, 7) is 3.59. The first-order valence-corrected chi connectivity index (χ1v) is 10.3. The molecule has 3 rings (SSSR count). The normalized spacial score (nSPS) is 36.7. The fourth-order valence-corrected chi connectivity index (χ4v) is 4.00. The number of ether oxygens (including phenoxy) is 2. The van der Waals surface area contributed by atoms with Gasteiger partial charge in [-0.1, -0.05) is 12.8 Å². The Kier molecular flexibility index (Phi) is 7.04. The van der Waals surface area contributed by atoms with Crippen molar-refractivity contribution in [3.63, 3.8) is 0 Å². The lowest BCUT2D eigenvalue weighted by Gasteiger charge is -2.40. The topological polar surface area (TPSA) is 76.7 Å². The summed E-state index contributed by atoms with van der Waals surface area (Å²) in [5.74, 6) is -2.11. The minimum atomic E-state index is -1.18. The molecule has 1 saturated heterocycles. The van der Waals surface area contributed by atoms with E-state index in [0.717, 1.165) is 25.7 Å². The van der Waals surface area contributed by atoms with Crippen molar-refractivity contribution in [1.29, 1.82) is 0 Å². The summed E-state index contributed by atoms with van der Waals surface area (Å²) in [6.07, 6.45) is 0.823. The molecule has 6 atom stereocenters. The van der Waals surface area contributed by atoms with Gasteiger partial charge < -0.3 is 20.1 Å². The van der Waals surface area contributed by atoms with Crippen LogP contribution in [0.3, 0.4) is 0 Å². The quantitative estimate of drug-likeness (QED) is 0.761. The van der Waals surface area contributed by atoms with Gasteiger partial charge >= 0.3 is 0 Å². The molecule has 0 aromatic heterocycles. The Bertz CT molecular complexity index is 627. The summed E-state index contributed by atoms with van der Waals surface area (Å²) in [4.78, 5) is 25.1. The second kappa shape index (κ2) is 9.31. The molecule has 2 N–H and O–H groups in total. The Morgan fingerprint density at radius 2 is 1.54 bits per heavy atom. The Hall–Kier alpha value is -1.54. The Morgan fingerprint density at radius 3 is 2.18 bits per heavy atom. The maximum atomic E-state index is 14.1. The van der Waals surface area contributed by atoms with Gasteiger partial charge in [0.1, 0.15) is 12.0 Å². The molecule has 0 aromatic rings. The van der Waals surface area contributed by atoms with Crippen LogP contribution < -0.4 is 10.6 Å². The molecule has 1 aliphatic heterocycles. The predicted octanol–water partition coefficient (Wildman–Crippen LogP) is 3.02. The second-order valence-electron chi connectivity index (χ2n) is 8.00. The molecule has 3 aliphatic rings. The lowest BCUT2D eigenvalue weighted by molar-refractivity contribution is -0.227. The highest BCUT2D eigenvalue weighted by molar-refractivity contribution is 5.94. The first-order chi connectivity index (χ1) is 13.4. The molecule has 158 valence electrons. The Balaban J connectivity index is 1.68. The molecule has 0 spiro atoms. The SMILES string of the molecule is CC1OC(NC(=O)C2=C(F)CCCC2)C(NC(=O)C2CCCCC2F)OC1C. The fourth-order valence-electron chi connectivity index (χ4n) is 4.00. The molecular formula is C20H30F2N2O4. The average molecular weight is 400 g/mol. The second-order valence-corrected chi connectivity index (χ2v) is 8.00. The summed E-state index contributed by atoms with van der Waals surface area (Å²) in [5.41, 5.74) is 0.127. The van der Waals surface area contributed by atoms with Crippen molar-refractivity contribution in [2.24, 2.45) is 5.92 Å². The standard InChI is InChI=1S/C20H30F2N2O4/c1-11-12(2)28-20(24-18(26)14-8-4-6-10-16(14)22)19(27-11)23-17(25)13-7-3-5-9-15(13)21/h11-13,15,19-20H,3-10H2,1-2H3,(H,23,25)(H,24,26). The molecule has 1 saturated carbocycles. The van der Waals surface area contributed by atoms with Gasteiger partial charge in [-0.25, -0.2) is 8.78 Å². The van der Waals surface area contributed by atoms with Gasteiger partial charge in [0.15, 0.2) is 12.5 Å². The van der Waals surface area contributed by atoms with Gasteiger partial charge in [0.25, 0.3) is 5.91 Å². The average Bonchev–Trinajstić information content (AvgIpc) is 2.66. The molecule has 0 bridgehead atoms. The summed E-state index contributed by atoms with van der Waals surface area (Å²) < 4.78 is 39.8. The van der Waals surface area contributed by atoms with E-state index in [4.69, 9.17) is 9.47 Å². The monoisotopic (exact) mass is 400 g/mol. The van der Waals surface area contributed by atoms with E-state index in [-0.39, 0.29) is 24.2 Å². The third-order valence-electron chi connectivity index (χ3n) is 5.91. The maximum Gasteiger partial charge on any atom is 0.251 e. The number of nitrogens with one attached hydrogen (secondary N) is 2. The molecule has 6 nitrogen and oxygen atoms in total. The largest absolute Gasteiger partial charge is 0.348 e. The molecule has 0 radical (unpaired) electrons. The van der Waals surface area contributed by atoms with Gasteiger partial charge in [0.05, 0.1) is 18.1 Å². The molecule has 0 aromatic carbocycles. The fraction of sp³-hybridized carbons (Fsp3) is 0.800. The molecule has 28 heavy (non-hydrogen) atoms. The van der Waals surface area contributed by atoms with Crippen LogP contribution in [0.2, 0.25) is 0 Å². The Labute approximate surface area is 164 Å². The van der Waals surface area contributed by atoms with E-state index in [1.54, 1.807) is 13.8 Å². The number of alkyl halides is 1. The zero-order valence-corrected chi connectivity index (χ0v) is 16.5. The summed E-state index contributed by atoms with van der Waals surface area (Å²) in [5, 5.41) is 5.34. The molecule has 2 amide bonds. The van der Waals surface area contributed by atoms with E-state index < -0.39 is 42.2 Å². The van der Waals surface area contributed by atoms with E-state index >= 15 is 0 Å².